The molecule has 1 saturated heterocycles. The van der Waals surface area contributed by atoms with Crippen LogP contribution in [0, 0.1) is 6.92 Å². The molecule has 1 aliphatic heterocycles. The molecule has 1 fully saturated rings. The number of furan rings is 1. The third-order valence-corrected chi connectivity index (χ3v) is 5.64. The average Bonchev–Trinajstić information content (AvgIpc) is 3.36. The molecule has 9 nitrogen and oxygen atoms in total. The number of benzene rings is 1. The van der Waals surface area contributed by atoms with Crippen LogP contribution in [0.3, 0.4) is 0 Å². The number of hydrogen-bond donors (Lipinski definition) is 2. The third kappa shape index (κ3) is 3.36. The highest BCUT2D eigenvalue weighted by molar-refractivity contribution is 6.10. The number of amides is 2. The largest absolute Gasteiger partial charge is 0.488 e. The van der Waals surface area contributed by atoms with Crippen molar-refractivity contribution in [2.45, 2.75) is 25.4 Å². The molecule has 0 aliphatic carbocycles. The van der Waals surface area contributed by atoms with Gasteiger partial charge in [0.15, 0.2) is 0 Å². The van der Waals surface area contributed by atoms with Gasteiger partial charge in [-0.1, -0.05) is 0 Å². The van der Waals surface area contributed by atoms with Crippen LogP contribution in [-0.4, -0.2) is 37.1 Å². The molecule has 2 aromatic heterocycles. The van der Waals surface area contributed by atoms with E-state index < -0.39 is 17.2 Å². The van der Waals surface area contributed by atoms with E-state index in [0.29, 0.717) is 52.5 Å². The topological polar surface area (TPSA) is 140 Å². The first-order chi connectivity index (χ1) is 14.9. The summed E-state index contributed by atoms with van der Waals surface area (Å²) in [5.41, 5.74) is 12.1. The summed E-state index contributed by atoms with van der Waals surface area (Å²) in [4.78, 5) is 29.1. The standard InChI is InChI=1S/C22H23N3O6/c1-12-16(19(23)26)17-14(31-12)5-6-15(18(17)22(21(24)27)7-9-29-11-22)30-10-13-4-3-8-25-20(13)28-2/h3-6,8H,7,9-11H2,1-2H3,(H2,23,26)(H2,24,27). The Morgan fingerprint density at radius 1 is 1.26 bits per heavy atom. The fourth-order valence-electron chi connectivity index (χ4n) is 4.13. The molecular weight excluding hydrogens is 402 g/mol. The molecule has 3 aromatic rings. The lowest BCUT2D eigenvalue weighted by Gasteiger charge is -2.27. The minimum atomic E-state index is -1.19. The molecule has 0 bridgehead atoms. The number of ether oxygens (including phenoxy) is 3. The summed E-state index contributed by atoms with van der Waals surface area (Å²) in [6.45, 7) is 2.18. The van der Waals surface area contributed by atoms with Gasteiger partial charge in [-0.15, -0.1) is 0 Å². The molecular formula is C22H23N3O6. The van der Waals surface area contributed by atoms with Gasteiger partial charge in [-0.05, 0) is 37.6 Å². The summed E-state index contributed by atoms with van der Waals surface area (Å²) in [7, 11) is 1.52. The second kappa shape index (κ2) is 7.92. The number of nitrogens with zero attached hydrogens (tertiary/aromatic N) is 1. The Morgan fingerprint density at radius 2 is 2.06 bits per heavy atom. The van der Waals surface area contributed by atoms with Crippen LogP contribution in [-0.2, 0) is 21.6 Å². The van der Waals surface area contributed by atoms with Gasteiger partial charge in [0.25, 0.3) is 5.91 Å². The molecule has 1 aliphatic rings. The number of pyridine rings is 1. The summed E-state index contributed by atoms with van der Waals surface area (Å²) in [5, 5.41) is 0.421. The molecule has 162 valence electrons. The molecule has 0 spiro atoms. The Labute approximate surface area is 178 Å². The van der Waals surface area contributed by atoms with Gasteiger partial charge in [-0.25, -0.2) is 4.98 Å². The maximum atomic E-state index is 12.7. The van der Waals surface area contributed by atoms with Crippen LogP contribution in [0.15, 0.2) is 34.9 Å². The van der Waals surface area contributed by atoms with Gasteiger partial charge < -0.3 is 30.1 Å². The van der Waals surface area contributed by atoms with Crippen molar-refractivity contribution in [3.8, 4) is 11.6 Å². The fourth-order valence-corrected chi connectivity index (χ4v) is 4.13. The van der Waals surface area contributed by atoms with Crippen molar-refractivity contribution >= 4 is 22.8 Å². The second-order valence-corrected chi connectivity index (χ2v) is 7.42. The van der Waals surface area contributed by atoms with E-state index in [1.807, 2.05) is 6.07 Å². The van der Waals surface area contributed by atoms with E-state index in [1.165, 1.54) is 7.11 Å². The summed E-state index contributed by atoms with van der Waals surface area (Å²) >= 11 is 0. The van der Waals surface area contributed by atoms with Crippen LogP contribution in [0.25, 0.3) is 11.0 Å². The van der Waals surface area contributed by atoms with E-state index in [4.69, 9.17) is 30.1 Å². The van der Waals surface area contributed by atoms with Crippen molar-refractivity contribution in [3.05, 3.63) is 52.9 Å². The number of nitrogens with two attached hydrogens (primary N) is 2. The monoisotopic (exact) mass is 425 g/mol. The number of methoxy groups -OCH3 is 1. The zero-order valence-corrected chi connectivity index (χ0v) is 17.3. The van der Waals surface area contributed by atoms with E-state index in [-0.39, 0.29) is 18.8 Å². The lowest BCUT2D eigenvalue weighted by molar-refractivity contribution is -0.123. The van der Waals surface area contributed by atoms with Gasteiger partial charge in [0, 0.05) is 23.8 Å². The van der Waals surface area contributed by atoms with Crippen LogP contribution in [0.2, 0.25) is 0 Å². The molecule has 9 heteroatoms. The molecule has 4 rings (SSSR count). The Kier molecular flexibility index (Phi) is 5.28. The van der Waals surface area contributed by atoms with Crippen molar-refractivity contribution in [3.63, 3.8) is 0 Å². The second-order valence-electron chi connectivity index (χ2n) is 7.42. The lowest BCUT2D eigenvalue weighted by Crippen LogP contribution is -2.42. The van der Waals surface area contributed by atoms with Crippen LogP contribution in [0.5, 0.6) is 11.6 Å². The number of rotatable bonds is 7. The number of fused-ring (bicyclic) bond motifs is 1. The normalized spacial score (nSPS) is 18.3. The van der Waals surface area contributed by atoms with Gasteiger partial charge in [-0.3, -0.25) is 9.59 Å². The van der Waals surface area contributed by atoms with E-state index in [0.717, 1.165) is 0 Å². The smallest absolute Gasteiger partial charge is 0.252 e. The highest BCUT2D eigenvalue weighted by Crippen LogP contribution is 2.45. The zero-order chi connectivity index (χ0) is 22.2. The quantitative estimate of drug-likeness (QED) is 0.590. The van der Waals surface area contributed by atoms with Crippen molar-refractivity contribution in [1.29, 1.82) is 0 Å². The maximum Gasteiger partial charge on any atom is 0.252 e. The van der Waals surface area contributed by atoms with Crippen molar-refractivity contribution in [2.75, 3.05) is 20.3 Å². The number of primary amides is 2. The van der Waals surface area contributed by atoms with Gasteiger partial charge in [0.1, 0.15) is 29.1 Å². The molecule has 3 heterocycles. The third-order valence-electron chi connectivity index (χ3n) is 5.64. The molecule has 1 aromatic carbocycles. The summed E-state index contributed by atoms with van der Waals surface area (Å²) in [5.74, 6) is -0.0759. The Hall–Kier alpha value is -3.59. The molecule has 1 unspecified atom stereocenters. The number of hydrogen-bond acceptors (Lipinski definition) is 7. The minimum Gasteiger partial charge on any atom is -0.488 e. The highest BCUT2D eigenvalue weighted by Gasteiger charge is 2.47. The summed E-state index contributed by atoms with van der Waals surface area (Å²) < 4.78 is 22.7. The first-order valence-corrected chi connectivity index (χ1v) is 9.73. The Morgan fingerprint density at radius 3 is 2.71 bits per heavy atom. The number of aryl methyl sites for hydroxylation is 1. The maximum absolute atomic E-state index is 12.7. The zero-order valence-electron chi connectivity index (χ0n) is 17.3. The van der Waals surface area contributed by atoms with E-state index in [1.54, 1.807) is 31.3 Å². The van der Waals surface area contributed by atoms with E-state index in [9.17, 15) is 9.59 Å². The number of carbonyl (C=O) groups excluding carboxylic acids is 2. The Bertz CT molecular complexity index is 1160. The summed E-state index contributed by atoms with van der Waals surface area (Å²) in [6, 6.07) is 6.96. The lowest BCUT2D eigenvalue weighted by atomic mass is 9.76. The molecule has 0 saturated carbocycles. The van der Waals surface area contributed by atoms with Crippen molar-refractivity contribution < 1.29 is 28.2 Å². The highest BCUT2D eigenvalue weighted by atomic mass is 16.5. The average molecular weight is 425 g/mol. The fraction of sp³-hybridized carbons (Fsp3) is 0.318. The SMILES string of the molecule is COc1ncccc1COc1ccc2oc(C)c(C(N)=O)c2c1C1(C(N)=O)CCOC1. The van der Waals surface area contributed by atoms with Crippen LogP contribution >= 0.6 is 0 Å². The first kappa shape index (κ1) is 20.7. The van der Waals surface area contributed by atoms with E-state index in [2.05, 4.69) is 4.98 Å². The molecule has 0 radical (unpaired) electrons. The van der Waals surface area contributed by atoms with Gasteiger partial charge in [0.05, 0.1) is 24.8 Å². The number of aromatic nitrogens is 1. The molecule has 31 heavy (non-hydrogen) atoms. The molecule has 2 amide bonds. The molecule has 4 N–H and O–H groups in total. The molecule has 1 atom stereocenters. The first-order valence-electron chi connectivity index (χ1n) is 9.73. The van der Waals surface area contributed by atoms with Crippen molar-refractivity contribution in [2.24, 2.45) is 11.5 Å². The van der Waals surface area contributed by atoms with Crippen LogP contribution < -0.4 is 20.9 Å². The predicted octanol–water partition coefficient (Wildman–Crippen LogP) is 1.97. The Balaban J connectivity index is 1.92. The van der Waals surface area contributed by atoms with E-state index >= 15 is 0 Å². The van der Waals surface area contributed by atoms with Gasteiger partial charge in [0.2, 0.25) is 11.8 Å². The van der Waals surface area contributed by atoms with Gasteiger partial charge in [-0.2, -0.15) is 0 Å². The van der Waals surface area contributed by atoms with Gasteiger partial charge >= 0.3 is 0 Å². The predicted molar refractivity (Wildman–Crippen MR) is 111 cm³/mol. The van der Waals surface area contributed by atoms with Crippen LogP contribution in [0.4, 0.5) is 0 Å². The minimum absolute atomic E-state index is 0.0659. The van der Waals surface area contributed by atoms with Crippen molar-refractivity contribution in [1.82, 2.24) is 4.98 Å². The summed E-state index contributed by atoms with van der Waals surface area (Å²) in [6.07, 6.45) is 1.96. The van der Waals surface area contributed by atoms with Crippen LogP contribution in [0.1, 0.15) is 33.7 Å². The number of carbonyl (C=O) groups is 2.